The number of hydrogen-bond acceptors (Lipinski definition) is 4. The fraction of sp³-hybridized carbons (Fsp3) is 0.375. The largest absolute Gasteiger partial charge is 0.452 e. The highest BCUT2D eigenvalue weighted by molar-refractivity contribution is 5.94. The number of nitrogens with one attached hydrogen (secondary N) is 1. The van der Waals surface area contributed by atoms with Crippen LogP contribution in [-0.2, 0) is 14.3 Å². The van der Waals surface area contributed by atoms with E-state index in [0.717, 1.165) is 22.4 Å². The summed E-state index contributed by atoms with van der Waals surface area (Å²) in [7, 11) is 0. The highest BCUT2D eigenvalue weighted by Gasteiger charge is 2.28. The zero-order valence-electron chi connectivity index (χ0n) is 17.7. The van der Waals surface area contributed by atoms with Gasteiger partial charge in [0.05, 0.1) is 5.56 Å². The van der Waals surface area contributed by atoms with Gasteiger partial charge in [-0.15, -0.1) is 0 Å². The Hall–Kier alpha value is -3.15. The first-order valence-corrected chi connectivity index (χ1v) is 10.2. The van der Waals surface area contributed by atoms with Crippen molar-refractivity contribution in [3.05, 3.63) is 64.7 Å². The van der Waals surface area contributed by atoms with Crippen LogP contribution in [-0.4, -0.2) is 42.4 Å². The number of carbonyl (C=O) groups is 3. The predicted molar refractivity (Wildman–Crippen MR) is 115 cm³/mol. The summed E-state index contributed by atoms with van der Waals surface area (Å²) in [4.78, 5) is 39.0. The van der Waals surface area contributed by atoms with E-state index >= 15 is 0 Å². The van der Waals surface area contributed by atoms with Crippen molar-refractivity contribution in [2.75, 3.05) is 25.0 Å². The van der Waals surface area contributed by atoms with E-state index in [4.69, 9.17) is 4.74 Å². The van der Waals surface area contributed by atoms with Crippen LogP contribution < -0.4 is 5.32 Å². The molecule has 2 aromatic carbocycles. The Bertz CT molecular complexity index is 908. The van der Waals surface area contributed by atoms with Gasteiger partial charge in [-0.05, 0) is 56.9 Å². The molecule has 0 spiro atoms. The number of piperidine rings is 1. The van der Waals surface area contributed by atoms with E-state index < -0.39 is 5.97 Å². The number of amides is 2. The van der Waals surface area contributed by atoms with Gasteiger partial charge in [0.15, 0.2) is 6.61 Å². The van der Waals surface area contributed by atoms with E-state index in [0.29, 0.717) is 31.5 Å². The van der Waals surface area contributed by atoms with Gasteiger partial charge in [0.1, 0.15) is 0 Å². The lowest BCUT2D eigenvalue weighted by atomic mass is 9.95. The lowest BCUT2D eigenvalue weighted by Crippen LogP contribution is -2.43. The average molecular weight is 408 g/mol. The van der Waals surface area contributed by atoms with Crippen LogP contribution in [0.3, 0.4) is 0 Å². The number of ether oxygens (including phenoxy) is 1. The van der Waals surface area contributed by atoms with Crippen LogP contribution in [0.4, 0.5) is 5.69 Å². The molecule has 0 atom stereocenters. The molecule has 0 saturated carbocycles. The van der Waals surface area contributed by atoms with Crippen molar-refractivity contribution in [1.29, 1.82) is 0 Å². The number of likely N-dealkylation sites (tertiary alicyclic amines) is 1. The normalized spacial score (nSPS) is 14.3. The summed E-state index contributed by atoms with van der Waals surface area (Å²) in [6, 6.07) is 13.2. The molecule has 0 radical (unpaired) electrons. The minimum absolute atomic E-state index is 0.0231. The van der Waals surface area contributed by atoms with Crippen LogP contribution in [0.1, 0.15) is 39.9 Å². The third kappa shape index (κ3) is 5.26. The quantitative estimate of drug-likeness (QED) is 0.767. The number of anilines is 1. The summed E-state index contributed by atoms with van der Waals surface area (Å²) in [5.41, 5.74) is 4.06. The Kier molecular flexibility index (Phi) is 6.87. The van der Waals surface area contributed by atoms with Crippen molar-refractivity contribution >= 4 is 23.5 Å². The van der Waals surface area contributed by atoms with Gasteiger partial charge in [0.2, 0.25) is 5.91 Å². The molecule has 0 aromatic heterocycles. The number of esters is 1. The second-order valence-corrected chi connectivity index (χ2v) is 7.86. The van der Waals surface area contributed by atoms with Gasteiger partial charge in [0, 0.05) is 24.7 Å². The molecule has 0 bridgehead atoms. The fourth-order valence-electron chi connectivity index (χ4n) is 3.95. The zero-order chi connectivity index (χ0) is 21.7. The van der Waals surface area contributed by atoms with Crippen LogP contribution in [0.5, 0.6) is 0 Å². The number of nitrogens with zero attached hydrogens (tertiary/aromatic N) is 1. The first kappa shape index (κ1) is 21.6. The molecule has 158 valence electrons. The number of benzene rings is 2. The van der Waals surface area contributed by atoms with Gasteiger partial charge in [-0.25, -0.2) is 4.79 Å². The third-order valence-corrected chi connectivity index (χ3v) is 5.47. The van der Waals surface area contributed by atoms with Gasteiger partial charge in [-0.3, -0.25) is 9.59 Å². The standard InChI is InChI=1S/C24H28N2O4/c1-16-13-17(2)22(18(3)14-16)24(29)30-15-21(27)26-11-9-19(10-12-26)23(28)25-20-7-5-4-6-8-20/h4-8,13-14,19H,9-12,15H2,1-3H3,(H,25,28). The maximum Gasteiger partial charge on any atom is 0.339 e. The third-order valence-electron chi connectivity index (χ3n) is 5.47. The lowest BCUT2D eigenvalue weighted by Gasteiger charge is -2.31. The van der Waals surface area contributed by atoms with Crippen molar-refractivity contribution in [3.63, 3.8) is 0 Å². The molecular formula is C24H28N2O4. The number of para-hydroxylation sites is 1. The summed E-state index contributed by atoms with van der Waals surface area (Å²) in [6.45, 7) is 6.37. The molecule has 3 rings (SSSR count). The Balaban J connectivity index is 1.47. The number of rotatable bonds is 5. The minimum Gasteiger partial charge on any atom is -0.452 e. The summed E-state index contributed by atoms with van der Waals surface area (Å²) in [6.07, 6.45) is 1.18. The Labute approximate surface area is 177 Å². The van der Waals surface area contributed by atoms with Gasteiger partial charge in [0.25, 0.3) is 5.91 Å². The number of aryl methyl sites for hydroxylation is 3. The van der Waals surface area contributed by atoms with Gasteiger partial charge in [-0.2, -0.15) is 0 Å². The van der Waals surface area contributed by atoms with Crippen LogP contribution in [0.2, 0.25) is 0 Å². The summed E-state index contributed by atoms with van der Waals surface area (Å²) >= 11 is 0. The molecule has 1 aliphatic rings. The van der Waals surface area contributed by atoms with E-state index in [1.807, 2.05) is 63.2 Å². The molecule has 30 heavy (non-hydrogen) atoms. The van der Waals surface area contributed by atoms with Crippen LogP contribution in [0.25, 0.3) is 0 Å². The molecule has 6 heteroatoms. The smallest absolute Gasteiger partial charge is 0.339 e. The van der Waals surface area contributed by atoms with E-state index in [-0.39, 0.29) is 24.3 Å². The average Bonchev–Trinajstić information content (AvgIpc) is 2.72. The minimum atomic E-state index is -0.476. The molecular weight excluding hydrogens is 380 g/mol. The Morgan fingerprint density at radius 3 is 2.20 bits per heavy atom. The Morgan fingerprint density at radius 1 is 1.00 bits per heavy atom. The first-order valence-electron chi connectivity index (χ1n) is 10.2. The fourth-order valence-corrected chi connectivity index (χ4v) is 3.95. The molecule has 0 aliphatic carbocycles. The molecule has 1 N–H and O–H groups in total. The van der Waals surface area contributed by atoms with Crippen molar-refractivity contribution in [2.45, 2.75) is 33.6 Å². The molecule has 1 heterocycles. The van der Waals surface area contributed by atoms with E-state index in [2.05, 4.69) is 5.32 Å². The van der Waals surface area contributed by atoms with Gasteiger partial charge >= 0.3 is 5.97 Å². The topological polar surface area (TPSA) is 75.7 Å². The second-order valence-electron chi connectivity index (χ2n) is 7.86. The molecule has 6 nitrogen and oxygen atoms in total. The molecule has 0 unspecified atom stereocenters. The summed E-state index contributed by atoms with van der Waals surface area (Å²) in [5.74, 6) is -0.858. The Morgan fingerprint density at radius 2 is 1.60 bits per heavy atom. The number of hydrogen-bond donors (Lipinski definition) is 1. The maximum atomic E-state index is 12.5. The number of carbonyl (C=O) groups excluding carboxylic acids is 3. The van der Waals surface area contributed by atoms with Crippen molar-refractivity contribution in [3.8, 4) is 0 Å². The van der Waals surface area contributed by atoms with Crippen LogP contribution >= 0.6 is 0 Å². The predicted octanol–water partition coefficient (Wildman–Crippen LogP) is 3.65. The van der Waals surface area contributed by atoms with Gasteiger partial charge < -0.3 is 15.0 Å². The lowest BCUT2D eigenvalue weighted by molar-refractivity contribution is -0.137. The summed E-state index contributed by atoms with van der Waals surface area (Å²) < 4.78 is 5.29. The van der Waals surface area contributed by atoms with Gasteiger partial charge in [-0.1, -0.05) is 35.9 Å². The van der Waals surface area contributed by atoms with Crippen LogP contribution in [0.15, 0.2) is 42.5 Å². The molecule has 1 fully saturated rings. The highest BCUT2D eigenvalue weighted by Crippen LogP contribution is 2.20. The van der Waals surface area contributed by atoms with E-state index in [1.54, 1.807) is 4.90 Å². The maximum absolute atomic E-state index is 12.5. The molecule has 1 aliphatic heterocycles. The SMILES string of the molecule is Cc1cc(C)c(C(=O)OCC(=O)N2CCC(C(=O)Nc3ccccc3)CC2)c(C)c1. The molecule has 2 aromatic rings. The summed E-state index contributed by atoms with van der Waals surface area (Å²) in [5, 5.41) is 2.92. The van der Waals surface area contributed by atoms with E-state index in [1.165, 1.54) is 0 Å². The second kappa shape index (κ2) is 9.57. The van der Waals surface area contributed by atoms with Crippen LogP contribution in [0, 0.1) is 26.7 Å². The molecule has 1 saturated heterocycles. The zero-order valence-corrected chi connectivity index (χ0v) is 17.7. The first-order chi connectivity index (χ1) is 14.3. The molecule has 2 amide bonds. The van der Waals surface area contributed by atoms with Crippen molar-refractivity contribution in [1.82, 2.24) is 4.90 Å². The monoisotopic (exact) mass is 408 g/mol. The van der Waals surface area contributed by atoms with Crippen molar-refractivity contribution < 1.29 is 19.1 Å². The van der Waals surface area contributed by atoms with Crippen molar-refractivity contribution in [2.24, 2.45) is 5.92 Å². The highest BCUT2D eigenvalue weighted by atomic mass is 16.5. The van der Waals surface area contributed by atoms with E-state index in [9.17, 15) is 14.4 Å².